The Kier molecular flexibility index (Phi) is 5.48. The van der Waals surface area contributed by atoms with Crippen molar-refractivity contribution in [2.24, 2.45) is 0 Å². The molecule has 1 N–H and O–H groups in total. The molecule has 2 aromatic rings. The van der Waals surface area contributed by atoms with E-state index in [1.54, 1.807) is 0 Å². The third kappa shape index (κ3) is 3.94. The molecule has 3 rings (SSSR count). The molecule has 0 aliphatic carbocycles. The van der Waals surface area contributed by atoms with E-state index in [2.05, 4.69) is 45.6 Å². The quantitative estimate of drug-likeness (QED) is 0.875. The highest BCUT2D eigenvalue weighted by atomic mass is 16.5. The summed E-state index contributed by atoms with van der Waals surface area (Å²) >= 11 is 0. The maximum atomic E-state index is 8.87. The maximum absolute atomic E-state index is 8.87. The minimum Gasteiger partial charge on any atom is -0.491 e. The lowest BCUT2D eigenvalue weighted by Gasteiger charge is -2.20. The molecule has 6 heteroatoms. The summed E-state index contributed by atoms with van der Waals surface area (Å²) in [6, 6.07) is 8.11. The van der Waals surface area contributed by atoms with Crippen LogP contribution < -0.4 is 4.74 Å². The van der Waals surface area contributed by atoms with Crippen LogP contribution in [0.5, 0.6) is 5.75 Å². The van der Waals surface area contributed by atoms with E-state index in [1.807, 2.05) is 12.1 Å². The van der Waals surface area contributed by atoms with E-state index in [-0.39, 0.29) is 6.61 Å². The number of fused-ring (bicyclic) bond motifs is 1. The lowest BCUT2D eigenvalue weighted by molar-refractivity contribution is 0.201. The normalized spacial score (nSPS) is 15.3. The van der Waals surface area contributed by atoms with Gasteiger partial charge < -0.3 is 14.4 Å². The first-order valence-electron chi connectivity index (χ1n) is 8.64. The molecule has 0 atom stereocenters. The number of hydrogen-bond donors (Lipinski definition) is 1. The highest BCUT2D eigenvalue weighted by Crippen LogP contribution is 2.19. The fourth-order valence-electron chi connectivity index (χ4n) is 3.13. The maximum Gasteiger partial charge on any atom is 0.135 e. The Labute approximate surface area is 143 Å². The Bertz CT molecular complexity index is 669. The van der Waals surface area contributed by atoms with Crippen molar-refractivity contribution >= 4 is 0 Å². The second-order valence-corrected chi connectivity index (χ2v) is 6.53. The van der Waals surface area contributed by atoms with E-state index in [0.717, 1.165) is 50.0 Å². The topological polar surface area (TPSA) is 63.4 Å². The van der Waals surface area contributed by atoms with Crippen LogP contribution in [-0.4, -0.2) is 51.1 Å². The molecule has 0 radical (unpaired) electrons. The van der Waals surface area contributed by atoms with Crippen molar-refractivity contribution in [1.82, 2.24) is 19.7 Å². The van der Waals surface area contributed by atoms with Crippen molar-refractivity contribution in [1.29, 1.82) is 0 Å². The van der Waals surface area contributed by atoms with Gasteiger partial charge in [-0.3, -0.25) is 4.90 Å². The van der Waals surface area contributed by atoms with Gasteiger partial charge >= 0.3 is 0 Å². The van der Waals surface area contributed by atoms with E-state index in [0.29, 0.717) is 12.5 Å². The third-order valence-electron chi connectivity index (χ3n) is 4.33. The van der Waals surface area contributed by atoms with Crippen molar-refractivity contribution < 1.29 is 9.84 Å². The van der Waals surface area contributed by atoms with Crippen molar-refractivity contribution in [2.75, 3.05) is 26.3 Å². The van der Waals surface area contributed by atoms with Crippen LogP contribution in [-0.2, 0) is 19.5 Å². The second kappa shape index (κ2) is 7.77. The Morgan fingerprint density at radius 2 is 2.08 bits per heavy atom. The van der Waals surface area contributed by atoms with Crippen LogP contribution in [0, 0.1) is 0 Å². The summed E-state index contributed by atoms with van der Waals surface area (Å²) in [5, 5.41) is 17.6. The molecule has 0 spiro atoms. The van der Waals surface area contributed by atoms with Crippen LogP contribution in [0.1, 0.15) is 37.0 Å². The molecule has 1 aliphatic rings. The van der Waals surface area contributed by atoms with Gasteiger partial charge in [-0.2, -0.15) is 0 Å². The Hall–Kier alpha value is -1.92. The molecule has 0 saturated carbocycles. The van der Waals surface area contributed by atoms with Gasteiger partial charge in [-0.05, 0) is 17.7 Å². The van der Waals surface area contributed by atoms with Gasteiger partial charge in [-0.1, -0.05) is 26.0 Å². The van der Waals surface area contributed by atoms with Crippen LogP contribution in [0.4, 0.5) is 0 Å². The molecule has 0 fully saturated rings. The van der Waals surface area contributed by atoms with Gasteiger partial charge in [0.2, 0.25) is 0 Å². The largest absolute Gasteiger partial charge is 0.491 e. The van der Waals surface area contributed by atoms with Gasteiger partial charge in [0.15, 0.2) is 0 Å². The minimum absolute atomic E-state index is 0.0358. The van der Waals surface area contributed by atoms with E-state index in [1.165, 1.54) is 5.56 Å². The monoisotopic (exact) mass is 330 g/mol. The van der Waals surface area contributed by atoms with Gasteiger partial charge in [0.1, 0.15) is 24.0 Å². The molecule has 1 aromatic heterocycles. The number of hydrogen-bond acceptors (Lipinski definition) is 5. The van der Waals surface area contributed by atoms with Gasteiger partial charge in [0.25, 0.3) is 0 Å². The molecular weight excluding hydrogens is 304 g/mol. The zero-order chi connectivity index (χ0) is 16.9. The summed E-state index contributed by atoms with van der Waals surface area (Å²) in [7, 11) is 0. The molecule has 0 bridgehead atoms. The van der Waals surface area contributed by atoms with Crippen molar-refractivity contribution in [2.45, 2.75) is 39.3 Å². The standard InChI is InChI=1S/C18H26N4O2/c1-14(2)18-20-19-17-6-7-21(8-9-22(17)18)13-15-4-3-5-16(12-15)24-11-10-23/h3-5,12,14,23H,6-11,13H2,1-2H3. The molecule has 0 amide bonds. The number of ether oxygens (including phenoxy) is 1. The van der Waals surface area contributed by atoms with Crippen molar-refractivity contribution in [3.05, 3.63) is 41.5 Å². The summed E-state index contributed by atoms with van der Waals surface area (Å²) in [5.74, 6) is 3.40. The number of nitrogens with zero attached hydrogens (tertiary/aromatic N) is 4. The summed E-state index contributed by atoms with van der Waals surface area (Å²) < 4.78 is 7.78. The summed E-state index contributed by atoms with van der Waals surface area (Å²) in [5.41, 5.74) is 1.23. The van der Waals surface area contributed by atoms with Crippen molar-refractivity contribution in [3.8, 4) is 5.75 Å². The zero-order valence-electron chi connectivity index (χ0n) is 14.5. The SMILES string of the molecule is CC(C)c1nnc2n1CCN(Cc1cccc(OCCO)c1)CC2. The number of aliphatic hydroxyl groups excluding tert-OH is 1. The third-order valence-corrected chi connectivity index (χ3v) is 4.33. The van der Waals surface area contributed by atoms with Crippen molar-refractivity contribution in [3.63, 3.8) is 0 Å². The molecule has 0 saturated heterocycles. The van der Waals surface area contributed by atoms with E-state index in [4.69, 9.17) is 9.84 Å². The molecule has 6 nitrogen and oxygen atoms in total. The zero-order valence-corrected chi connectivity index (χ0v) is 14.5. The number of rotatable bonds is 6. The molecule has 2 heterocycles. The first-order valence-corrected chi connectivity index (χ1v) is 8.64. The van der Waals surface area contributed by atoms with E-state index < -0.39 is 0 Å². The van der Waals surface area contributed by atoms with Crippen LogP contribution >= 0.6 is 0 Å². The summed E-state index contributed by atoms with van der Waals surface area (Å²) in [6.45, 7) is 8.51. The number of benzene rings is 1. The lowest BCUT2D eigenvalue weighted by atomic mass is 10.2. The first kappa shape index (κ1) is 16.9. The fraction of sp³-hybridized carbons (Fsp3) is 0.556. The number of aliphatic hydroxyl groups is 1. The fourth-order valence-corrected chi connectivity index (χ4v) is 3.13. The Balaban J connectivity index is 1.64. The average Bonchev–Trinajstić information content (AvgIpc) is 2.89. The minimum atomic E-state index is 0.0358. The molecule has 0 unspecified atom stereocenters. The summed E-state index contributed by atoms with van der Waals surface area (Å²) in [6.07, 6.45) is 0.931. The Morgan fingerprint density at radius 3 is 2.88 bits per heavy atom. The molecule has 130 valence electrons. The van der Waals surface area contributed by atoms with Crippen LogP contribution in [0.25, 0.3) is 0 Å². The van der Waals surface area contributed by atoms with Gasteiger partial charge in [0.05, 0.1) is 6.61 Å². The van der Waals surface area contributed by atoms with Gasteiger partial charge in [0, 0.05) is 38.5 Å². The van der Waals surface area contributed by atoms with E-state index >= 15 is 0 Å². The Morgan fingerprint density at radius 1 is 1.21 bits per heavy atom. The smallest absolute Gasteiger partial charge is 0.135 e. The second-order valence-electron chi connectivity index (χ2n) is 6.53. The molecule has 1 aromatic carbocycles. The van der Waals surface area contributed by atoms with Crippen LogP contribution in [0.15, 0.2) is 24.3 Å². The number of aromatic nitrogens is 3. The van der Waals surface area contributed by atoms with Gasteiger partial charge in [-0.25, -0.2) is 0 Å². The predicted molar refractivity (Wildman–Crippen MR) is 92.1 cm³/mol. The molecule has 24 heavy (non-hydrogen) atoms. The lowest BCUT2D eigenvalue weighted by Crippen LogP contribution is -2.26. The highest BCUT2D eigenvalue weighted by molar-refractivity contribution is 5.28. The van der Waals surface area contributed by atoms with Crippen LogP contribution in [0.2, 0.25) is 0 Å². The molecular formula is C18H26N4O2. The summed E-state index contributed by atoms with van der Waals surface area (Å²) in [4.78, 5) is 2.45. The average molecular weight is 330 g/mol. The van der Waals surface area contributed by atoms with Crippen LogP contribution in [0.3, 0.4) is 0 Å². The van der Waals surface area contributed by atoms with Gasteiger partial charge in [-0.15, -0.1) is 10.2 Å². The molecule has 1 aliphatic heterocycles. The highest BCUT2D eigenvalue weighted by Gasteiger charge is 2.20. The predicted octanol–water partition coefficient (Wildman–Crippen LogP) is 1.83. The van der Waals surface area contributed by atoms with E-state index in [9.17, 15) is 0 Å². The first-order chi connectivity index (χ1) is 11.7.